The summed E-state index contributed by atoms with van der Waals surface area (Å²) in [6, 6.07) is 7.57. The molecule has 23 heavy (non-hydrogen) atoms. The van der Waals surface area contributed by atoms with E-state index in [1.807, 2.05) is 0 Å². The minimum atomic E-state index is -1.28. The number of phenolic OH excluding ortho intramolecular Hbond substituents is 1. The Bertz CT molecular complexity index is 757. The SMILES string of the molecule is COc1c(O)cc(C(=O)O)c(/N=N/c2ccc(N)cc2)c1OC. The molecular weight excluding hydrogens is 302 g/mol. The summed E-state index contributed by atoms with van der Waals surface area (Å²) in [5, 5.41) is 27.0. The van der Waals surface area contributed by atoms with Crippen molar-refractivity contribution < 1.29 is 24.5 Å². The summed E-state index contributed by atoms with van der Waals surface area (Å²) in [6.45, 7) is 0. The topological polar surface area (TPSA) is 127 Å². The second-order valence-corrected chi connectivity index (χ2v) is 4.46. The van der Waals surface area contributed by atoms with Gasteiger partial charge in [-0.2, -0.15) is 5.11 Å². The van der Waals surface area contributed by atoms with Crippen LogP contribution in [0.1, 0.15) is 10.4 Å². The lowest BCUT2D eigenvalue weighted by Crippen LogP contribution is -2.00. The molecule has 0 aliphatic carbocycles. The molecule has 2 aromatic rings. The van der Waals surface area contributed by atoms with E-state index in [-0.39, 0.29) is 28.5 Å². The molecule has 0 aromatic heterocycles. The summed E-state index contributed by atoms with van der Waals surface area (Å²) in [6.07, 6.45) is 0. The van der Waals surface area contributed by atoms with Gasteiger partial charge in [0, 0.05) is 11.8 Å². The van der Waals surface area contributed by atoms with Crippen molar-refractivity contribution in [1.82, 2.24) is 0 Å². The van der Waals surface area contributed by atoms with E-state index >= 15 is 0 Å². The van der Waals surface area contributed by atoms with Crippen molar-refractivity contribution in [2.24, 2.45) is 10.2 Å². The smallest absolute Gasteiger partial charge is 0.338 e. The average Bonchev–Trinajstić information content (AvgIpc) is 2.53. The van der Waals surface area contributed by atoms with Gasteiger partial charge in [0.15, 0.2) is 11.5 Å². The molecule has 0 atom stereocenters. The van der Waals surface area contributed by atoms with Gasteiger partial charge in [0.1, 0.15) is 5.69 Å². The fraction of sp³-hybridized carbons (Fsp3) is 0.133. The summed E-state index contributed by atoms with van der Waals surface area (Å²) in [7, 11) is 2.63. The Labute approximate surface area is 131 Å². The molecule has 120 valence electrons. The number of anilines is 1. The molecule has 0 saturated heterocycles. The third-order valence-corrected chi connectivity index (χ3v) is 2.99. The maximum absolute atomic E-state index is 11.4. The first kappa shape index (κ1) is 16.1. The summed E-state index contributed by atoms with van der Waals surface area (Å²) in [5.74, 6) is -1.70. The second-order valence-electron chi connectivity index (χ2n) is 4.46. The van der Waals surface area contributed by atoms with Gasteiger partial charge in [-0.3, -0.25) is 0 Å². The lowest BCUT2D eigenvalue weighted by molar-refractivity contribution is 0.0697. The summed E-state index contributed by atoms with van der Waals surface area (Å²) >= 11 is 0. The molecule has 8 nitrogen and oxygen atoms in total. The van der Waals surface area contributed by atoms with Gasteiger partial charge in [0.25, 0.3) is 0 Å². The van der Waals surface area contributed by atoms with Crippen LogP contribution in [0.25, 0.3) is 0 Å². The van der Waals surface area contributed by atoms with Crippen LogP contribution < -0.4 is 15.2 Å². The molecule has 0 saturated carbocycles. The Hall–Kier alpha value is -3.29. The molecule has 0 amide bonds. The van der Waals surface area contributed by atoms with E-state index in [1.54, 1.807) is 24.3 Å². The first-order chi connectivity index (χ1) is 11.0. The van der Waals surface area contributed by atoms with Crippen LogP contribution >= 0.6 is 0 Å². The number of ether oxygens (including phenoxy) is 2. The number of aromatic carboxylic acids is 1. The van der Waals surface area contributed by atoms with Crippen LogP contribution in [0.5, 0.6) is 17.2 Å². The number of hydrogen-bond acceptors (Lipinski definition) is 7. The zero-order valence-electron chi connectivity index (χ0n) is 12.5. The van der Waals surface area contributed by atoms with Crippen LogP contribution in [0.2, 0.25) is 0 Å². The molecule has 0 bridgehead atoms. The zero-order valence-corrected chi connectivity index (χ0v) is 12.5. The van der Waals surface area contributed by atoms with Crippen LogP contribution in [-0.2, 0) is 0 Å². The number of nitrogens with two attached hydrogens (primary N) is 1. The highest BCUT2D eigenvalue weighted by Crippen LogP contribution is 2.46. The molecule has 8 heteroatoms. The number of rotatable bonds is 5. The molecule has 2 rings (SSSR count). The van der Waals surface area contributed by atoms with Gasteiger partial charge < -0.3 is 25.4 Å². The molecule has 0 spiro atoms. The maximum atomic E-state index is 11.4. The van der Waals surface area contributed by atoms with E-state index in [0.717, 1.165) is 6.07 Å². The minimum absolute atomic E-state index is 0.0240. The minimum Gasteiger partial charge on any atom is -0.504 e. The number of aromatic hydroxyl groups is 1. The Morgan fingerprint density at radius 3 is 2.22 bits per heavy atom. The van der Waals surface area contributed by atoms with E-state index in [0.29, 0.717) is 11.4 Å². The van der Waals surface area contributed by atoms with Crippen molar-refractivity contribution in [3.63, 3.8) is 0 Å². The first-order valence-corrected chi connectivity index (χ1v) is 6.46. The van der Waals surface area contributed by atoms with Crippen LogP contribution in [-0.4, -0.2) is 30.4 Å². The number of phenols is 1. The highest BCUT2D eigenvalue weighted by molar-refractivity contribution is 5.96. The van der Waals surface area contributed by atoms with E-state index in [1.165, 1.54) is 14.2 Å². The first-order valence-electron chi connectivity index (χ1n) is 6.46. The van der Waals surface area contributed by atoms with Crippen molar-refractivity contribution in [2.45, 2.75) is 0 Å². The molecule has 0 radical (unpaired) electrons. The normalized spacial score (nSPS) is 10.7. The largest absolute Gasteiger partial charge is 0.504 e. The predicted octanol–water partition coefficient (Wildman–Crippen LogP) is 3.11. The van der Waals surface area contributed by atoms with E-state index in [2.05, 4.69) is 10.2 Å². The molecule has 2 aromatic carbocycles. The van der Waals surface area contributed by atoms with Crippen molar-refractivity contribution in [2.75, 3.05) is 20.0 Å². The second kappa shape index (κ2) is 6.65. The number of nitrogen functional groups attached to an aromatic ring is 1. The van der Waals surface area contributed by atoms with Gasteiger partial charge >= 0.3 is 5.97 Å². The molecule has 0 aliphatic heterocycles. The van der Waals surface area contributed by atoms with Crippen molar-refractivity contribution in [3.05, 3.63) is 35.9 Å². The Balaban J connectivity index is 2.58. The highest BCUT2D eigenvalue weighted by atomic mass is 16.5. The van der Waals surface area contributed by atoms with Gasteiger partial charge in [0.05, 0.1) is 25.5 Å². The van der Waals surface area contributed by atoms with Crippen LogP contribution in [0.15, 0.2) is 40.6 Å². The van der Waals surface area contributed by atoms with E-state index in [9.17, 15) is 15.0 Å². The third kappa shape index (κ3) is 3.31. The van der Waals surface area contributed by atoms with Gasteiger partial charge in [0.2, 0.25) is 5.75 Å². The third-order valence-electron chi connectivity index (χ3n) is 2.99. The summed E-state index contributed by atoms with van der Waals surface area (Å²) in [4.78, 5) is 11.4. The molecule has 0 fully saturated rings. The molecule has 4 N–H and O–H groups in total. The molecule has 0 heterocycles. The van der Waals surface area contributed by atoms with E-state index < -0.39 is 5.97 Å². The van der Waals surface area contributed by atoms with Gasteiger partial charge in [-0.1, -0.05) is 0 Å². The van der Waals surface area contributed by atoms with Crippen molar-refractivity contribution >= 4 is 23.0 Å². The Morgan fingerprint density at radius 2 is 1.70 bits per heavy atom. The van der Waals surface area contributed by atoms with E-state index in [4.69, 9.17) is 15.2 Å². The molecule has 0 aliphatic rings. The number of carboxylic acids is 1. The number of nitrogens with zero attached hydrogens (tertiary/aromatic N) is 2. The van der Waals surface area contributed by atoms with Crippen LogP contribution in [0.3, 0.4) is 0 Å². The van der Waals surface area contributed by atoms with Gasteiger partial charge in [-0.05, 0) is 24.3 Å². The lowest BCUT2D eigenvalue weighted by atomic mass is 10.1. The van der Waals surface area contributed by atoms with Crippen LogP contribution in [0.4, 0.5) is 17.1 Å². The number of carboxylic acid groups (broad SMARTS) is 1. The number of hydrogen-bond donors (Lipinski definition) is 3. The highest BCUT2D eigenvalue weighted by Gasteiger charge is 2.23. The quantitative estimate of drug-likeness (QED) is 0.574. The maximum Gasteiger partial charge on any atom is 0.338 e. The number of azo groups is 1. The van der Waals surface area contributed by atoms with Gasteiger partial charge in [-0.15, -0.1) is 5.11 Å². The van der Waals surface area contributed by atoms with Crippen molar-refractivity contribution in [1.29, 1.82) is 0 Å². The van der Waals surface area contributed by atoms with Crippen molar-refractivity contribution in [3.8, 4) is 17.2 Å². The number of methoxy groups -OCH3 is 2. The summed E-state index contributed by atoms with van der Waals surface area (Å²) in [5.41, 5.74) is 6.30. The molecule has 0 unspecified atom stereocenters. The Kier molecular flexibility index (Phi) is 4.65. The van der Waals surface area contributed by atoms with Crippen LogP contribution in [0, 0.1) is 0 Å². The number of benzene rings is 2. The fourth-order valence-corrected chi connectivity index (χ4v) is 1.91. The average molecular weight is 317 g/mol. The standard InChI is InChI=1S/C15H15N3O5/c1-22-13-11(19)7-10(15(20)21)12(14(13)23-2)18-17-9-5-3-8(16)4-6-9/h3-7,19H,16H2,1-2H3,(H,20,21)/b18-17+. The fourth-order valence-electron chi connectivity index (χ4n) is 1.91. The van der Waals surface area contributed by atoms with Gasteiger partial charge in [-0.25, -0.2) is 4.79 Å². The number of carbonyl (C=O) groups is 1. The lowest BCUT2D eigenvalue weighted by Gasteiger charge is -2.13. The summed E-state index contributed by atoms with van der Waals surface area (Å²) < 4.78 is 10.1. The Morgan fingerprint density at radius 1 is 1.09 bits per heavy atom. The molecular formula is C15H15N3O5. The monoisotopic (exact) mass is 317 g/mol. The predicted molar refractivity (Wildman–Crippen MR) is 83.2 cm³/mol. The zero-order chi connectivity index (χ0) is 17.0.